The fourth-order valence-electron chi connectivity index (χ4n) is 2.63. The van der Waals surface area contributed by atoms with Gasteiger partial charge < -0.3 is 4.74 Å². The summed E-state index contributed by atoms with van der Waals surface area (Å²) in [6.07, 6.45) is 13.2. The molecule has 2 rings (SSSR count). The molecule has 3 heteroatoms. The molecule has 0 spiro atoms. The summed E-state index contributed by atoms with van der Waals surface area (Å²) in [5.74, 6) is 0.329. The predicted octanol–water partition coefficient (Wildman–Crippen LogP) is 4.28. The molecule has 0 aromatic rings. The first-order chi connectivity index (χ1) is 8.70. The van der Waals surface area contributed by atoms with Crippen LogP contribution in [0.4, 0.5) is 0 Å². The van der Waals surface area contributed by atoms with Gasteiger partial charge in [-0.1, -0.05) is 53.4 Å². The Kier molecular flexibility index (Phi) is 4.81. The molecule has 0 heterocycles. The third-order valence-electron chi connectivity index (χ3n) is 3.63. The Balaban J connectivity index is 2.14. The van der Waals surface area contributed by atoms with Gasteiger partial charge in [0, 0.05) is 6.42 Å². The molecule has 18 heavy (non-hydrogen) atoms. The smallest absolute Gasteiger partial charge is 0.337 e. The van der Waals surface area contributed by atoms with E-state index in [2.05, 4.69) is 22.0 Å². The van der Waals surface area contributed by atoms with Crippen LogP contribution >= 0.6 is 15.9 Å². The number of hydrogen-bond donors (Lipinski definition) is 0. The van der Waals surface area contributed by atoms with E-state index in [4.69, 9.17) is 4.74 Å². The third kappa shape index (κ3) is 3.35. The molecule has 2 aliphatic carbocycles. The molecule has 0 saturated heterocycles. The van der Waals surface area contributed by atoms with E-state index in [9.17, 15) is 4.79 Å². The van der Waals surface area contributed by atoms with Crippen LogP contribution < -0.4 is 0 Å². The summed E-state index contributed by atoms with van der Waals surface area (Å²) in [6, 6.07) is 0. The van der Waals surface area contributed by atoms with E-state index in [1.807, 2.05) is 12.2 Å². The van der Waals surface area contributed by atoms with Crippen molar-refractivity contribution >= 4 is 21.9 Å². The van der Waals surface area contributed by atoms with E-state index in [0.29, 0.717) is 5.92 Å². The number of methoxy groups -OCH3 is 1. The van der Waals surface area contributed by atoms with Crippen molar-refractivity contribution in [2.45, 2.75) is 38.5 Å². The first-order valence-electron chi connectivity index (χ1n) is 6.56. The zero-order valence-corrected chi connectivity index (χ0v) is 12.3. The van der Waals surface area contributed by atoms with Crippen LogP contribution in [0.5, 0.6) is 0 Å². The van der Waals surface area contributed by atoms with Gasteiger partial charge in [0.05, 0.1) is 12.7 Å². The lowest BCUT2D eigenvalue weighted by Crippen LogP contribution is -2.11. The lowest BCUT2D eigenvalue weighted by atomic mass is 9.86. The largest absolute Gasteiger partial charge is 0.465 e. The molecule has 0 aromatic heterocycles. The van der Waals surface area contributed by atoms with Gasteiger partial charge in [-0.15, -0.1) is 0 Å². The van der Waals surface area contributed by atoms with Crippen molar-refractivity contribution in [1.82, 2.24) is 0 Å². The van der Waals surface area contributed by atoms with Gasteiger partial charge in [-0.25, -0.2) is 4.79 Å². The highest BCUT2D eigenvalue weighted by Gasteiger charge is 2.21. The normalized spacial score (nSPS) is 21.6. The van der Waals surface area contributed by atoms with Gasteiger partial charge >= 0.3 is 5.97 Å². The molecule has 98 valence electrons. The van der Waals surface area contributed by atoms with Crippen molar-refractivity contribution in [2.75, 3.05) is 7.11 Å². The van der Waals surface area contributed by atoms with Gasteiger partial charge in [-0.05, 0) is 28.8 Å². The van der Waals surface area contributed by atoms with E-state index in [0.717, 1.165) is 22.0 Å². The maximum atomic E-state index is 11.9. The van der Waals surface area contributed by atoms with E-state index in [1.54, 1.807) is 0 Å². The van der Waals surface area contributed by atoms with Gasteiger partial charge in [0.15, 0.2) is 0 Å². The van der Waals surface area contributed by atoms with Gasteiger partial charge in [0.2, 0.25) is 0 Å². The standard InChI is InChI=1S/C15H19BrO2/c1-18-15(17)14(12-7-8-13(16)10-12)9-11-5-3-2-4-6-11/h7-9,11H,2-6,10H2,1H3. The second kappa shape index (κ2) is 6.37. The maximum Gasteiger partial charge on any atom is 0.337 e. The molecule has 1 saturated carbocycles. The molecule has 0 radical (unpaired) electrons. The lowest BCUT2D eigenvalue weighted by Gasteiger charge is -2.19. The number of hydrogen-bond acceptors (Lipinski definition) is 2. The summed E-state index contributed by atoms with van der Waals surface area (Å²) in [6.45, 7) is 0. The number of carbonyl (C=O) groups is 1. The molecular weight excluding hydrogens is 292 g/mol. The Labute approximate surface area is 117 Å². The third-order valence-corrected chi connectivity index (χ3v) is 4.17. The molecule has 1 fully saturated rings. The number of ether oxygens (including phenoxy) is 1. The van der Waals surface area contributed by atoms with Crippen molar-refractivity contribution in [3.63, 3.8) is 0 Å². The number of esters is 1. The van der Waals surface area contributed by atoms with Crippen LogP contribution in [0.2, 0.25) is 0 Å². The summed E-state index contributed by atoms with van der Waals surface area (Å²) >= 11 is 3.47. The topological polar surface area (TPSA) is 26.3 Å². The lowest BCUT2D eigenvalue weighted by molar-refractivity contribution is -0.135. The van der Waals surface area contributed by atoms with Gasteiger partial charge in [0.25, 0.3) is 0 Å². The fraction of sp³-hybridized carbons (Fsp3) is 0.533. The number of allylic oxidation sites excluding steroid dienone is 4. The Morgan fingerprint density at radius 1 is 1.33 bits per heavy atom. The minimum atomic E-state index is -0.206. The van der Waals surface area contributed by atoms with Gasteiger partial charge in [-0.3, -0.25) is 0 Å². The number of rotatable bonds is 3. The molecule has 0 unspecified atom stereocenters. The summed E-state index contributed by atoms with van der Waals surface area (Å²) in [5, 5.41) is 0. The molecular formula is C15H19BrO2. The second-order valence-corrected chi connectivity index (χ2v) is 5.97. The summed E-state index contributed by atoms with van der Waals surface area (Å²) in [5.41, 5.74) is 1.83. The van der Waals surface area contributed by atoms with Crippen molar-refractivity contribution in [1.29, 1.82) is 0 Å². The monoisotopic (exact) mass is 310 g/mol. The highest BCUT2D eigenvalue weighted by molar-refractivity contribution is 9.11. The van der Waals surface area contributed by atoms with Crippen LogP contribution in [0.3, 0.4) is 0 Å². The minimum absolute atomic E-state index is 0.206. The van der Waals surface area contributed by atoms with Crippen LogP contribution in [-0.2, 0) is 9.53 Å². The highest BCUT2D eigenvalue weighted by Crippen LogP contribution is 2.32. The predicted molar refractivity (Wildman–Crippen MR) is 76.4 cm³/mol. The van der Waals surface area contributed by atoms with Crippen LogP contribution in [0, 0.1) is 5.92 Å². The van der Waals surface area contributed by atoms with Crippen molar-refractivity contribution in [3.8, 4) is 0 Å². The first kappa shape index (κ1) is 13.6. The zero-order chi connectivity index (χ0) is 13.0. The zero-order valence-electron chi connectivity index (χ0n) is 10.7. The van der Waals surface area contributed by atoms with Gasteiger partial charge in [-0.2, -0.15) is 0 Å². The van der Waals surface area contributed by atoms with Crippen LogP contribution in [0.25, 0.3) is 0 Å². The summed E-state index contributed by atoms with van der Waals surface area (Å²) in [4.78, 5) is 11.9. The first-order valence-corrected chi connectivity index (χ1v) is 7.35. The Bertz CT molecular complexity index is 412. The summed E-state index contributed by atoms with van der Waals surface area (Å²) in [7, 11) is 1.45. The molecule has 0 aliphatic heterocycles. The van der Waals surface area contributed by atoms with Crippen LogP contribution in [0.15, 0.2) is 33.9 Å². The maximum absolute atomic E-state index is 11.9. The Morgan fingerprint density at radius 3 is 2.61 bits per heavy atom. The molecule has 2 aliphatic rings. The average Bonchev–Trinajstić information content (AvgIpc) is 2.83. The second-order valence-electron chi connectivity index (χ2n) is 4.95. The fourth-order valence-corrected chi connectivity index (χ4v) is 3.06. The van der Waals surface area contributed by atoms with E-state index in [1.165, 1.54) is 39.2 Å². The van der Waals surface area contributed by atoms with Gasteiger partial charge in [0.1, 0.15) is 0 Å². The quantitative estimate of drug-likeness (QED) is 0.574. The van der Waals surface area contributed by atoms with Crippen LogP contribution in [-0.4, -0.2) is 13.1 Å². The molecule has 0 N–H and O–H groups in total. The molecule has 0 atom stereocenters. The Morgan fingerprint density at radius 2 is 2.06 bits per heavy atom. The van der Waals surface area contributed by atoms with E-state index in [-0.39, 0.29) is 5.97 Å². The minimum Gasteiger partial charge on any atom is -0.465 e. The molecule has 0 amide bonds. The van der Waals surface area contributed by atoms with E-state index >= 15 is 0 Å². The number of carbonyl (C=O) groups excluding carboxylic acids is 1. The van der Waals surface area contributed by atoms with Crippen molar-refractivity contribution < 1.29 is 9.53 Å². The Hall–Kier alpha value is -0.830. The molecule has 0 aromatic carbocycles. The summed E-state index contributed by atoms with van der Waals surface area (Å²) < 4.78 is 6.04. The average molecular weight is 311 g/mol. The molecule has 2 nitrogen and oxygen atoms in total. The van der Waals surface area contributed by atoms with Crippen LogP contribution in [0.1, 0.15) is 38.5 Å². The highest BCUT2D eigenvalue weighted by atomic mass is 79.9. The van der Waals surface area contributed by atoms with Crippen molar-refractivity contribution in [2.24, 2.45) is 5.92 Å². The van der Waals surface area contributed by atoms with Crippen molar-refractivity contribution in [3.05, 3.63) is 33.9 Å². The number of halogens is 1. The molecule has 0 bridgehead atoms. The van der Waals surface area contributed by atoms with E-state index < -0.39 is 0 Å². The SMILES string of the molecule is COC(=O)C(=CC1CCCCC1)C1=CC=C(Br)C1.